The van der Waals surface area contributed by atoms with Crippen molar-refractivity contribution in [2.75, 3.05) is 13.1 Å². The Bertz CT molecular complexity index is 832. The lowest BCUT2D eigenvalue weighted by atomic mass is 9.85. The van der Waals surface area contributed by atoms with E-state index in [2.05, 4.69) is 15.0 Å². The van der Waals surface area contributed by atoms with Crippen LogP contribution in [0.4, 0.5) is 0 Å². The van der Waals surface area contributed by atoms with Gasteiger partial charge in [-0.25, -0.2) is 4.98 Å². The number of aliphatic hydroxyl groups is 1. The average molecular weight is 374 g/mol. The molecule has 0 saturated carbocycles. The number of aromatic amines is 1. The second-order valence-electron chi connectivity index (χ2n) is 6.55. The van der Waals surface area contributed by atoms with Crippen molar-refractivity contribution in [1.82, 2.24) is 19.9 Å². The predicted octanol–water partition coefficient (Wildman–Crippen LogP) is 1.46. The fraction of sp³-hybridized carbons (Fsp3) is 0.444. The number of amides is 1. The summed E-state index contributed by atoms with van der Waals surface area (Å²) in [6, 6.07) is 5.09. The Morgan fingerprint density at radius 3 is 2.77 bits per heavy atom. The average Bonchev–Trinajstić information content (AvgIpc) is 2.61. The van der Waals surface area contributed by atoms with Gasteiger partial charge in [0.1, 0.15) is 0 Å². The van der Waals surface area contributed by atoms with Crippen LogP contribution in [0, 0.1) is 6.92 Å². The molecule has 2 aromatic heterocycles. The molecule has 8 heteroatoms. The number of nitrogens with one attached hydrogen (secondary N) is 1. The molecular weight excluding hydrogens is 352 g/mol. The number of aromatic nitrogens is 3. The number of nitrogens with zero attached hydrogens (tertiary/aromatic N) is 3. The number of rotatable bonds is 4. The third-order valence-electron chi connectivity index (χ3n) is 4.59. The highest BCUT2D eigenvalue weighted by molar-refractivity contribution is 8.00. The number of piperidine rings is 1. The van der Waals surface area contributed by atoms with Crippen molar-refractivity contribution in [3.05, 3.63) is 52.2 Å². The molecule has 0 radical (unpaired) electrons. The van der Waals surface area contributed by atoms with Gasteiger partial charge in [-0.15, -0.1) is 0 Å². The van der Waals surface area contributed by atoms with E-state index in [0.29, 0.717) is 36.8 Å². The first-order valence-corrected chi connectivity index (χ1v) is 9.42. The molecule has 138 valence electrons. The van der Waals surface area contributed by atoms with E-state index in [4.69, 9.17) is 0 Å². The number of aryl methyl sites for hydroxylation is 1. The van der Waals surface area contributed by atoms with Crippen molar-refractivity contribution in [3.63, 3.8) is 0 Å². The molecule has 1 aliphatic heterocycles. The van der Waals surface area contributed by atoms with Gasteiger partial charge in [0, 0.05) is 42.8 Å². The molecule has 0 spiro atoms. The summed E-state index contributed by atoms with van der Waals surface area (Å²) < 4.78 is 0. The van der Waals surface area contributed by atoms with E-state index in [1.54, 1.807) is 37.2 Å². The summed E-state index contributed by atoms with van der Waals surface area (Å²) >= 11 is 1.24. The summed E-state index contributed by atoms with van der Waals surface area (Å²) in [7, 11) is 0. The number of carbonyl (C=O) groups is 1. The number of hydrogen-bond acceptors (Lipinski definition) is 6. The van der Waals surface area contributed by atoms with Crippen LogP contribution >= 0.6 is 11.8 Å². The molecular formula is C18H22N4O3S. The van der Waals surface area contributed by atoms with E-state index in [9.17, 15) is 14.7 Å². The van der Waals surface area contributed by atoms with Crippen molar-refractivity contribution in [3.8, 4) is 0 Å². The number of carbonyl (C=O) groups excluding carboxylic acids is 1. The Morgan fingerprint density at radius 2 is 2.15 bits per heavy atom. The highest BCUT2D eigenvalue weighted by Gasteiger charge is 2.36. The summed E-state index contributed by atoms with van der Waals surface area (Å²) in [6.45, 7) is 4.51. The molecule has 1 atom stereocenters. The number of H-pyrrole nitrogens is 1. The molecule has 26 heavy (non-hydrogen) atoms. The van der Waals surface area contributed by atoms with Crippen LogP contribution in [-0.2, 0) is 10.4 Å². The topological polar surface area (TPSA) is 99.2 Å². The first-order valence-electron chi connectivity index (χ1n) is 8.54. The Balaban J connectivity index is 1.62. The molecule has 3 heterocycles. The van der Waals surface area contributed by atoms with Crippen molar-refractivity contribution < 1.29 is 9.90 Å². The largest absolute Gasteiger partial charge is 0.385 e. The minimum atomic E-state index is -0.940. The zero-order valence-electron chi connectivity index (χ0n) is 14.8. The Kier molecular flexibility index (Phi) is 5.43. The van der Waals surface area contributed by atoms with Crippen LogP contribution in [0.25, 0.3) is 0 Å². The first-order chi connectivity index (χ1) is 12.4. The van der Waals surface area contributed by atoms with Gasteiger partial charge < -0.3 is 15.0 Å². The third kappa shape index (κ3) is 4.13. The van der Waals surface area contributed by atoms with Crippen LogP contribution in [0.3, 0.4) is 0 Å². The lowest BCUT2D eigenvalue weighted by Gasteiger charge is -2.39. The normalized spacial score (nSPS) is 17.7. The van der Waals surface area contributed by atoms with Crippen molar-refractivity contribution >= 4 is 17.7 Å². The second-order valence-corrected chi connectivity index (χ2v) is 7.88. The van der Waals surface area contributed by atoms with Gasteiger partial charge in [0.25, 0.3) is 5.56 Å². The quantitative estimate of drug-likeness (QED) is 0.621. The van der Waals surface area contributed by atoms with Crippen molar-refractivity contribution in [2.24, 2.45) is 0 Å². The van der Waals surface area contributed by atoms with Gasteiger partial charge >= 0.3 is 0 Å². The van der Waals surface area contributed by atoms with Gasteiger partial charge in [-0.1, -0.05) is 17.8 Å². The number of thioether (sulfide) groups is 1. The van der Waals surface area contributed by atoms with Crippen LogP contribution in [0.5, 0.6) is 0 Å². The molecule has 0 bridgehead atoms. The Hall–Kier alpha value is -2.19. The zero-order chi connectivity index (χ0) is 18.7. The maximum absolute atomic E-state index is 12.7. The van der Waals surface area contributed by atoms with E-state index in [1.807, 2.05) is 6.07 Å². The molecule has 2 N–H and O–H groups in total. The monoisotopic (exact) mass is 374 g/mol. The highest BCUT2D eigenvalue weighted by atomic mass is 32.2. The molecule has 3 rings (SSSR count). The molecule has 2 aromatic rings. The smallest absolute Gasteiger partial charge is 0.251 e. The third-order valence-corrected chi connectivity index (χ3v) is 5.56. The van der Waals surface area contributed by atoms with Crippen molar-refractivity contribution in [1.29, 1.82) is 0 Å². The van der Waals surface area contributed by atoms with Gasteiger partial charge in [-0.05, 0) is 32.8 Å². The summed E-state index contributed by atoms with van der Waals surface area (Å²) in [4.78, 5) is 37.0. The van der Waals surface area contributed by atoms with Crippen LogP contribution in [0.1, 0.15) is 31.0 Å². The van der Waals surface area contributed by atoms with Gasteiger partial charge in [0.05, 0.1) is 10.9 Å². The van der Waals surface area contributed by atoms with Gasteiger partial charge in [0.15, 0.2) is 5.16 Å². The fourth-order valence-electron chi connectivity index (χ4n) is 3.11. The highest BCUT2D eigenvalue weighted by Crippen LogP contribution is 2.33. The SMILES string of the molecule is Cc1cc(=O)[nH]c(S[C@H](C)C(=O)N2CCC(O)(c3cccnc3)CC2)n1. The van der Waals surface area contributed by atoms with E-state index in [0.717, 1.165) is 5.56 Å². The van der Waals surface area contributed by atoms with Crippen LogP contribution in [0.15, 0.2) is 40.5 Å². The molecule has 0 aromatic carbocycles. The van der Waals surface area contributed by atoms with E-state index < -0.39 is 5.60 Å². The lowest BCUT2D eigenvalue weighted by Crippen LogP contribution is -2.47. The number of pyridine rings is 1. The molecule has 0 unspecified atom stereocenters. The summed E-state index contributed by atoms with van der Waals surface area (Å²) in [5.41, 5.74) is 0.246. The summed E-state index contributed by atoms with van der Waals surface area (Å²) in [6.07, 6.45) is 4.30. The molecule has 1 amide bonds. The van der Waals surface area contributed by atoms with E-state index in [-0.39, 0.29) is 16.7 Å². The van der Waals surface area contributed by atoms with E-state index in [1.165, 1.54) is 17.8 Å². The fourth-order valence-corrected chi connectivity index (χ4v) is 4.05. The van der Waals surface area contributed by atoms with Gasteiger partial charge in [-0.2, -0.15) is 0 Å². The standard InChI is InChI=1S/C18H22N4O3S/c1-12-10-15(23)21-17(20-12)26-13(2)16(24)22-8-5-18(25,6-9-22)14-4-3-7-19-11-14/h3-4,7,10-11,13,25H,5-6,8-9H2,1-2H3,(H,20,21,23)/t13-/m1/s1. The first kappa shape index (κ1) is 18.6. The predicted molar refractivity (Wildman–Crippen MR) is 98.9 cm³/mol. The minimum Gasteiger partial charge on any atom is -0.385 e. The molecule has 7 nitrogen and oxygen atoms in total. The summed E-state index contributed by atoms with van der Waals surface area (Å²) in [5, 5.41) is 10.9. The van der Waals surface area contributed by atoms with Crippen LogP contribution in [0.2, 0.25) is 0 Å². The molecule has 0 aliphatic carbocycles. The van der Waals surface area contributed by atoms with Crippen LogP contribution in [-0.4, -0.2) is 49.2 Å². The Labute approximate surface area is 155 Å². The number of likely N-dealkylation sites (tertiary alicyclic amines) is 1. The van der Waals surface area contributed by atoms with E-state index >= 15 is 0 Å². The molecule has 1 aliphatic rings. The van der Waals surface area contributed by atoms with Crippen molar-refractivity contribution in [2.45, 2.75) is 42.7 Å². The molecule has 1 saturated heterocycles. The second kappa shape index (κ2) is 7.59. The summed E-state index contributed by atoms with van der Waals surface area (Å²) in [5.74, 6) is -0.0209. The van der Waals surface area contributed by atoms with Crippen LogP contribution < -0.4 is 5.56 Å². The van der Waals surface area contributed by atoms with Gasteiger partial charge in [0.2, 0.25) is 5.91 Å². The number of hydrogen-bond donors (Lipinski definition) is 2. The zero-order valence-corrected chi connectivity index (χ0v) is 15.6. The Morgan fingerprint density at radius 1 is 1.42 bits per heavy atom. The minimum absolute atomic E-state index is 0.0209. The van der Waals surface area contributed by atoms with Gasteiger partial charge in [-0.3, -0.25) is 14.6 Å². The lowest BCUT2D eigenvalue weighted by molar-refractivity contribution is -0.134. The maximum Gasteiger partial charge on any atom is 0.251 e. The maximum atomic E-state index is 12.7. The molecule has 1 fully saturated rings.